The minimum Gasteiger partial charge on any atom is -0.288 e. The van der Waals surface area contributed by atoms with Crippen LogP contribution in [0.4, 0.5) is 0 Å². The molecule has 0 unspecified atom stereocenters. The predicted octanol–water partition coefficient (Wildman–Crippen LogP) is 2.73. The number of pyridine rings is 1. The Morgan fingerprint density at radius 2 is 2.38 bits per heavy atom. The monoisotopic (exact) mass is 196 g/mol. The van der Waals surface area contributed by atoms with Gasteiger partial charge in [-0.2, -0.15) is 12.5 Å². The van der Waals surface area contributed by atoms with E-state index >= 15 is 0 Å². The van der Waals surface area contributed by atoms with Gasteiger partial charge < -0.3 is 0 Å². The summed E-state index contributed by atoms with van der Waals surface area (Å²) in [5, 5.41) is 1.41. The molecule has 0 radical (unpaired) electrons. The van der Waals surface area contributed by atoms with Crippen LogP contribution in [0.15, 0.2) is 35.9 Å². The Hall–Kier alpha value is -1.09. The Balaban J connectivity index is 0.000000791. The first-order valence-corrected chi connectivity index (χ1v) is 4.55. The van der Waals surface area contributed by atoms with E-state index in [2.05, 4.69) is 4.98 Å². The average molecular weight is 196 g/mol. The van der Waals surface area contributed by atoms with Crippen molar-refractivity contribution in [2.24, 2.45) is 0 Å². The van der Waals surface area contributed by atoms with Gasteiger partial charge in [-0.25, -0.2) is 0 Å². The molecule has 0 aromatic carbocycles. The first kappa shape index (κ1) is 9.99. The molecule has 0 aliphatic rings. The van der Waals surface area contributed by atoms with Gasteiger partial charge in [0, 0.05) is 6.20 Å². The maximum atomic E-state index is 11.2. The summed E-state index contributed by atoms with van der Waals surface area (Å²) >= 11 is 0.745. The van der Waals surface area contributed by atoms with E-state index in [1.165, 1.54) is 11.5 Å². The van der Waals surface area contributed by atoms with Gasteiger partial charge in [-0.15, -0.1) is 0 Å². The zero-order chi connectivity index (χ0) is 10.8. The van der Waals surface area contributed by atoms with Gasteiger partial charge in [-0.1, -0.05) is 19.9 Å². The topological polar surface area (TPSA) is 30.0 Å². The summed E-state index contributed by atoms with van der Waals surface area (Å²) in [5.41, 5.74) is 0.405. The van der Waals surface area contributed by atoms with Crippen LogP contribution in [0.1, 0.15) is 24.3 Å². The number of rotatable bonds is 3. The molecule has 1 aromatic rings. The number of thiol groups is 1. The molecule has 0 aliphatic heterocycles. The number of hydrogen-bond acceptors (Lipinski definition) is 3. The number of allylic oxidation sites excluding steroid dienone is 1. The Morgan fingerprint density at radius 3 is 2.92 bits per heavy atom. The number of nitrogens with zero attached hydrogens (tertiary/aromatic N) is 1. The summed E-state index contributed by atoms with van der Waals surface area (Å²) in [6, 6.07) is 5.14. The van der Waals surface area contributed by atoms with Crippen LogP contribution in [0.3, 0.4) is 0 Å². The predicted molar refractivity (Wildman–Crippen MR) is 58.0 cm³/mol. The number of hydrogen-bond donors (Lipinski definition) is 1. The summed E-state index contributed by atoms with van der Waals surface area (Å²) in [6.45, 7) is 4.00. The molecule has 1 aromatic heterocycles. The molecule has 0 saturated carbocycles. The SMILES string of the molecule is CC.[2H]S/C=C/C(=O)c1ccccn1. The summed E-state index contributed by atoms with van der Waals surface area (Å²) in [6.07, 6.45) is 2.90. The van der Waals surface area contributed by atoms with Crippen molar-refractivity contribution in [3.63, 3.8) is 0 Å². The van der Waals surface area contributed by atoms with Gasteiger partial charge in [-0.3, -0.25) is 9.78 Å². The highest BCUT2D eigenvalue weighted by Gasteiger charge is 1.99. The molecular formula is C10H13NOS. The first-order chi connectivity index (χ1) is 6.84. The quantitative estimate of drug-likeness (QED) is 0.457. The van der Waals surface area contributed by atoms with Gasteiger partial charge in [0.1, 0.15) is 6.82 Å². The van der Waals surface area contributed by atoms with Gasteiger partial charge in [-0.05, 0) is 23.6 Å². The molecule has 3 heteroatoms. The van der Waals surface area contributed by atoms with E-state index in [0.717, 1.165) is 12.5 Å². The van der Waals surface area contributed by atoms with Crippen LogP contribution >= 0.6 is 12.5 Å². The molecule has 0 atom stereocenters. The van der Waals surface area contributed by atoms with Crippen molar-refractivity contribution < 1.29 is 4.79 Å². The van der Waals surface area contributed by atoms with E-state index in [1.54, 1.807) is 24.4 Å². The van der Waals surface area contributed by atoms with Gasteiger partial charge in [0.05, 0.1) is 0 Å². The number of carbonyl (C=O) groups is 1. The Morgan fingerprint density at radius 1 is 1.62 bits per heavy atom. The van der Waals surface area contributed by atoms with E-state index in [9.17, 15) is 4.79 Å². The lowest BCUT2D eigenvalue weighted by Crippen LogP contribution is -1.95. The molecule has 2 nitrogen and oxygen atoms in total. The molecular weight excluding hydrogens is 182 g/mol. The van der Waals surface area contributed by atoms with Crippen molar-refractivity contribution in [2.75, 3.05) is 0 Å². The number of carbonyl (C=O) groups excluding carboxylic acids is 1. The van der Waals surface area contributed by atoms with Crippen LogP contribution < -0.4 is 0 Å². The second kappa shape index (κ2) is 7.55. The summed E-state index contributed by atoms with van der Waals surface area (Å²) in [4.78, 5) is 15.0. The second-order valence-corrected chi connectivity index (χ2v) is 2.15. The van der Waals surface area contributed by atoms with Crippen molar-refractivity contribution in [1.29, 1.82) is 1.12 Å². The van der Waals surface area contributed by atoms with Crippen LogP contribution in [0.25, 0.3) is 0 Å². The van der Waals surface area contributed by atoms with Crippen LogP contribution in [-0.2, 0) is 0 Å². The molecule has 13 heavy (non-hydrogen) atoms. The van der Waals surface area contributed by atoms with E-state index in [1.807, 2.05) is 13.8 Å². The van der Waals surface area contributed by atoms with E-state index < -0.39 is 0 Å². The third-order valence-electron chi connectivity index (χ3n) is 1.14. The normalized spacial score (nSPS) is 10.2. The summed E-state index contributed by atoms with van der Waals surface area (Å²) in [7, 11) is 0. The van der Waals surface area contributed by atoms with Crippen LogP contribution in [0.5, 0.6) is 0 Å². The maximum absolute atomic E-state index is 11.2. The van der Waals surface area contributed by atoms with Crippen molar-refractivity contribution in [3.05, 3.63) is 41.6 Å². The van der Waals surface area contributed by atoms with Crippen LogP contribution in [0, 0.1) is 0 Å². The molecule has 0 amide bonds. The molecule has 0 fully saturated rings. The summed E-state index contributed by atoms with van der Waals surface area (Å²) in [5.74, 6) is -0.171. The van der Waals surface area contributed by atoms with Crippen molar-refractivity contribution in [3.8, 4) is 0 Å². The Kier molecular flexibility index (Phi) is 5.81. The molecule has 0 aliphatic carbocycles. The van der Waals surface area contributed by atoms with E-state index in [0.29, 0.717) is 5.69 Å². The fraction of sp³-hybridized carbons (Fsp3) is 0.200. The van der Waals surface area contributed by atoms with Gasteiger partial charge in [0.25, 0.3) is 0 Å². The molecule has 0 saturated heterocycles. The lowest BCUT2D eigenvalue weighted by molar-refractivity contribution is 0.104. The summed E-state index contributed by atoms with van der Waals surface area (Å²) < 4.78 is 6.72. The molecule has 70 valence electrons. The fourth-order valence-electron chi connectivity index (χ4n) is 0.656. The molecule has 0 bridgehead atoms. The Labute approximate surface area is 85.2 Å². The minimum absolute atomic E-state index is 0.171. The third-order valence-corrected chi connectivity index (χ3v) is 1.27. The van der Waals surface area contributed by atoms with Crippen LogP contribution in [0.2, 0.25) is 0 Å². The average Bonchev–Trinajstić information content (AvgIpc) is 2.30. The van der Waals surface area contributed by atoms with Crippen molar-refractivity contribution >= 4 is 18.3 Å². The molecule has 1 heterocycles. The second-order valence-electron chi connectivity index (χ2n) is 1.88. The molecule has 1 rings (SSSR count). The third kappa shape index (κ3) is 4.48. The van der Waals surface area contributed by atoms with Crippen LogP contribution in [-0.4, -0.2) is 11.9 Å². The molecule has 0 N–H and O–H groups in total. The highest BCUT2D eigenvalue weighted by molar-refractivity contribution is 7.83. The zero-order valence-electron chi connectivity index (χ0n) is 8.73. The van der Waals surface area contributed by atoms with Crippen molar-refractivity contribution in [1.82, 2.24) is 4.98 Å². The van der Waals surface area contributed by atoms with E-state index in [-0.39, 0.29) is 5.78 Å². The number of ketones is 1. The Bertz CT molecular complexity index is 287. The van der Waals surface area contributed by atoms with E-state index in [4.69, 9.17) is 1.12 Å². The highest BCUT2D eigenvalue weighted by Crippen LogP contribution is 1.96. The zero-order valence-corrected chi connectivity index (χ0v) is 8.54. The maximum Gasteiger partial charge on any atom is 0.204 e. The van der Waals surface area contributed by atoms with Gasteiger partial charge in [0.2, 0.25) is 5.78 Å². The van der Waals surface area contributed by atoms with Crippen molar-refractivity contribution in [2.45, 2.75) is 13.8 Å². The lowest BCUT2D eigenvalue weighted by Gasteiger charge is -1.90. The van der Waals surface area contributed by atoms with Gasteiger partial charge >= 0.3 is 0 Å². The lowest BCUT2D eigenvalue weighted by atomic mass is 10.2. The van der Waals surface area contributed by atoms with Gasteiger partial charge in [0.15, 0.2) is 0 Å². The first-order valence-electron chi connectivity index (χ1n) is 4.49. The largest absolute Gasteiger partial charge is 0.288 e. The minimum atomic E-state index is -0.171. The smallest absolute Gasteiger partial charge is 0.204 e. The highest BCUT2D eigenvalue weighted by atomic mass is 32.1. The standard InChI is InChI=1S/C8H7NOS.C2H6/c10-8(4-6-11)7-3-1-2-5-9-7;1-2/h1-6,11H;1-2H3/b6-4+;/i/hD. The molecule has 0 spiro atoms. The number of aromatic nitrogens is 1. The fourth-order valence-corrected chi connectivity index (χ4v) is 0.779.